The Bertz CT molecular complexity index is 436. The van der Waals surface area contributed by atoms with E-state index >= 15 is 0 Å². The van der Waals surface area contributed by atoms with Gasteiger partial charge in [-0.15, -0.1) is 0 Å². The third-order valence-corrected chi connectivity index (χ3v) is 4.99. The smallest absolute Gasteiger partial charge is 0.225 e. The van der Waals surface area contributed by atoms with Gasteiger partial charge in [-0.2, -0.15) is 0 Å². The maximum Gasteiger partial charge on any atom is 0.225 e. The van der Waals surface area contributed by atoms with E-state index < -0.39 is 0 Å². The largest absolute Gasteiger partial charge is 0.340 e. The summed E-state index contributed by atoms with van der Waals surface area (Å²) in [5, 5.41) is 0. The molecular formula is C18H31N3. The first kappa shape index (κ1) is 16.3. The molecule has 0 atom stereocenters. The fraction of sp³-hybridized carbons (Fsp3) is 0.778. The number of rotatable bonds is 3. The lowest BCUT2D eigenvalue weighted by molar-refractivity contribution is -0.00144. The van der Waals surface area contributed by atoms with Gasteiger partial charge in [-0.05, 0) is 36.2 Å². The molecule has 1 aliphatic carbocycles. The van der Waals surface area contributed by atoms with Crippen LogP contribution in [0.3, 0.4) is 0 Å². The molecule has 1 spiro atoms. The average molecular weight is 289 g/mol. The third kappa shape index (κ3) is 3.22. The molecule has 2 aliphatic rings. The number of hydrogen-bond donors (Lipinski definition) is 0. The molecule has 1 aromatic rings. The van der Waals surface area contributed by atoms with E-state index in [9.17, 15) is 0 Å². The van der Waals surface area contributed by atoms with Gasteiger partial charge >= 0.3 is 0 Å². The Kier molecular flexibility index (Phi) is 4.90. The zero-order valence-corrected chi connectivity index (χ0v) is 14.6. The van der Waals surface area contributed by atoms with Gasteiger partial charge in [-0.1, -0.05) is 41.5 Å². The molecule has 2 heterocycles. The van der Waals surface area contributed by atoms with E-state index in [4.69, 9.17) is 0 Å². The summed E-state index contributed by atoms with van der Waals surface area (Å²) in [6, 6.07) is 0. The van der Waals surface area contributed by atoms with Crippen LogP contribution in [0.25, 0.3) is 0 Å². The van der Waals surface area contributed by atoms with Gasteiger partial charge in [0.15, 0.2) is 0 Å². The van der Waals surface area contributed by atoms with Crippen molar-refractivity contribution in [1.82, 2.24) is 9.97 Å². The highest BCUT2D eigenvalue weighted by molar-refractivity contribution is 5.37. The third-order valence-electron chi connectivity index (χ3n) is 4.99. The highest BCUT2D eigenvalue weighted by Crippen LogP contribution is 2.54. The van der Waals surface area contributed by atoms with Crippen LogP contribution in [0, 0.1) is 17.3 Å². The summed E-state index contributed by atoms with van der Waals surface area (Å²) in [6.07, 6.45) is 6.78. The number of hydrogen-bond acceptors (Lipinski definition) is 3. The predicted octanol–water partition coefficient (Wildman–Crippen LogP) is 4.50. The minimum Gasteiger partial charge on any atom is -0.340 e. The molecule has 3 rings (SSSR count). The first-order valence-corrected chi connectivity index (χ1v) is 8.56. The average Bonchev–Trinajstić information content (AvgIpc) is 2.38. The van der Waals surface area contributed by atoms with Crippen molar-refractivity contribution < 1.29 is 0 Å². The zero-order chi connectivity index (χ0) is 15.6. The summed E-state index contributed by atoms with van der Waals surface area (Å²) >= 11 is 0. The molecule has 3 heteroatoms. The van der Waals surface area contributed by atoms with Crippen LogP contribution in [0.4, 0.5) is 5.95 Å². The van der Waals surface area contributed by atoms with Crippen LogP contribution in [-0.2, 0) is 0 Å². The predicted molar refractivity (Wildman–Crippen MR) is 89.7 cm³/mol. The molecular weight excluding hydrogens is 258 g/mol. The Hall–Kier alpha value is -1.12. The lowest BCUT2D eigenvalue weighted by Crippen LogP contribution is -2.63. The molecule has 1 saturated carbocycles. The second-order valence-corrected chi connectivity index (χ2v) is 7.24. The van der Waals surface area contributed by atoms with E-state index in [1.165, 1.54) is 18.4 Å². The van der Waals surface area contributed by atoms with E-state index in [0.717, 1.165) is 30.9 Å². The summed E-state index contributed by atoms with van der Waals surface area (Å²) in [4.78, 5) is 11.4. The van der Waals surface area contributed by atoms with Crippen molar-refractivity contribution in [1.29, 1.82) is 0 Å². The Morgan fingerprint density at radius 1 is 1.05 bits per heavy atom. The molecule has 0 N–H and O–H groups in total. The number of nitrogens with zero attached hydrogens (tertiary/aromatic N) is 3. The molecule has 0 bridgehead atoms. The van der Waals surface area contributed by atoms with E-state index in [0.29, 0.717) is 11.3 Å². The lowest BCUT2D eigenvalue weighted by atomic mass is 9.55. The number of aromatic nitrogens is 2. The molecule has 1 aliphatic heterocycles. The Morgan fingerprint density at radius 3 is 2.00 bits per heavy atom. The second kappa shape index (κ2) is 6.33. The highest BCUT2D eigenvalue weighted by Gasteiger charge is 2.53. The minimum absolute atomic E-state index is 0.509. The molecule has 21 heavy (non-hydrogen) atoms. The Morgan fingerprint density at radius 2 is 1.57 bits per heavy atom. The van der Waals surface area contributed by atoms with Crippen molar-refractivity contribution in [3.05, 3.63) is 18.0 Å². The van der Waals surface area contributed by atoms with E-state index in [1.807, 2.05) is 26.2 Å². The van der Waals surface area contributed by atoms with Crippen LogP contribution in [0.5, 0.6) is 0 Å². The highest BCUT2D eigenvalue weighted by atomic mass is 15.3. The fourth-order valence-electron chi connectivity index (χ4n) is 3.48. The van der Waals surface area contributed by atoms with E-state index in [2.05, 4.69) is 42.6 Å². The van der Waals surface area contributed by atoms with Crippen LogP contribution >= 0.6 is 0 Å². The van der Waals surface area contributed by atoms with Crippen molar-refractivity contribution in [2.24, 2.45) is 17.3 Å². The molecule has 118 valence electrons. The SMILES string of the molecule is CC.CC(C)c1cnc(N2CC3(CC(C(C)C)C3)C2)nc1. The van der Waals surface area contributed by atoms with Crippen molar-refractivity contribution in [2.75, 3.05) is 18.0 Å². The topological polar surface area (TPSA) is 29.0 Å². The molecule has 3 nitrogen and oxygen atoms in total. The maximum atomic E-state index is 4.51. The first-order chi connectivity index (χ1) is 9.99. The van der Waals surface area contributed by atoms with Gasteiger partial charge < -0.3 is 4.90 Å². The van der Waals surface area contributed by atoms with E-state index in [-0.39, 0.29) is 0 Å². The summed E-state index contributed by atoms with van der Waals surface area (Å²) in [7, 11) is 0. The second-order valence-electron chi connectivity index (χ2n) is 7.24. The van der Waals surface area contributed by atoms with Gasteiger partial charge in [0.1, 0.15) is 0 Å². The van der Waals surface area contributed by atoms with Gasteiger partial charge in [0.25, 0.3) is 0 Å². The van der Waals surface area contributed by atoms with Gasteiger partial charge in [0, 0.05) is 30.9 Å². The van der Waals surface area contributed by atoms with Gasteiger partial charge in [-0.3, -0.25) is 0 Å². The summed E-state index contributed by atoms with van der Waals surface area (Å²) in [5.74, 6) is 3.23. The maximum absolute atomic E-state index is 4.51. The van der Waals surface area contributed by atoms with Gasteiger partial charge in [-0.25, -0.2) is 9.97 Å². The quantitative estimate of drug-likeness (QED) is 0.820. The van der Waals surface area contributed by atoms with Gasteiger partial charge in [0.2, 0.25) is 5.95 Å². The molecule has 1 saturated heterocycles. The molecule has 0 amide bonds. The van der Waals surface area contributed by atoms with Crippen molar-refractivity contribution in [3.63, 3.8) is 0 Å². The summed E-state index contributed by atoms with van der Waals surface area (Å²) in [6.45, 7) is 15.4. The molecule has 0 unspecified atom stereocenters. The molecule has 0 radical (unpaired) electrons. The van der Waals surface area contributed by atoms with E-state index in [1.54, 1.807) is 0 Å². The van der Waals surface area contributed by atoms with Gasteiger partial charge in [0.05, 0.1) is 0 Å². The van der Waals surface area contributed by atoms with Crippen LogP contribution in [-0.4, -0.2) is 23.1 Å². The van der Waals surface area contributed by atoms with Crippen LogP contribution in [0.2, 0.25) is 0 Å². The monoisotopic (exact) mass is 289 g/mol. The standard InChI is InChI=1S/C16H25N3.C2H6/c1-11(2)13-5-16(6-13)9-19(10-16)15-17-7-14(8-18-15)12(3)4;1-2/h7-8,11-13H,5-6,9-10H2,1-4H3;1-2H3. The first-order valence-electron chi connectivity index (χ1n) is 8.56. The lowest BCUT2D eigenvalue weighted by Gasteiger charge is -2.60. The summed E-state index contributed by atoms with van der Waals surface area (Å²) < 4.78 is 0. The zero-order valence-electron chi connectivity index (χ0n) is 14.6. The molecule has 2 fully saturated rings. The fourth-order valence-corrected chi connectivity index (χ4v) is 3.48. The molecule has 1 aromatic heterocycles. The van der Waals surface area contributed by atoms with Crippen LogP contribution < -0.4 is 4.90 Å². The number of anilines is 1. The van der Waals surface area contributed by atoms with Crippen LogP contribution in [0.15, 0.2) is 12.4 Å². The molecule has 0 aromatic carbocycles. The van der Waals surface area contributed by atoms with Crippen molar-refractivity contribution in [3.8, 4) is 0 Å². The Labute approximate surface area is 130 Å². The van der Waals surface area contributed by atoms with Crippen molar-refractivity contribution >= 4 is 5.95 Å². The normalized spacial score (nSPS) is 20.1. The minimum atomic E-state index is 0.509. The van der Waals surface area contributed by atoms with Crippen LogP contribution in [0.1, 0.15) is 65.9 Å². The van der Waals surface area contributed by atoms with Crippen molar-refractivity contribution in [2.45, 2.75) is 60.3 Å². The Balaban J connectivity index is 0.000000774. The summed E-state index contributed by atoms with van der Waals surface area (Å²) in [5.41, 5.74) is 1.83.